The molecule has 0 spiro atoms. The van der Waals surface area contributed by atoms with E-state index in [1.54, 1.807) is 12.1 Å². The number of rotatable bonds is 6. The topological polar surface area (TPSA) is 80.5 Å². The van der Waals surface area contributed by atoms with E-state index in [2.05, 4.69) is 41.1 Å². The van der Waals surface area contributed by atoms with Crippen molar-refractivity contribution < 1.29 is 27.8 Å². The minimum absolute atomic E-state index is 0.157. The summed E-state index contributed by atoms with van der Waals surface area (Å²) in [7, 11) is 2.11. The van der Waals surface area contributed by atoms with Gasteiger partial charge in [-0.15, -0.1) is 0 Å². The van der Waals surface area contributed by atoms with E-state index < -0.39 is 23.4 Å². The fourth-order valence-corrected chi connectivity index (χ4v) is 4.95. The molecular weight excluding hydrogens is 509 g/mol. The van der Waals surface area contributed by atoms with Crippen molar-refractivity contribution in [3.8, 4) is 22.8 Å². The zero-order valence-corrected chi connectivity index (χ0v) is 21.7. The summed E-state index contributed by atoms with van der Waals surface area (Å²) in [5, 5.41) is 12.9. The van der Waals surface area contributed by atoms with Gasteiger partial charge in [-0.1, -0.05) is 29.8 Å². The highest BCUT2D eigenvalue weighted by Gasteiger charge is 2.41. The highest BCUT2D eigenvalue weighted by molar-refractivity contribution is 5.89. The van der Waals surface area contributed by atoms with Crippen LogP contribution in [0.2, 0.25) is 0 Å². The molecule has 1 aliphatic rings. The van der Waals surface area contributed by atoms with Gasteiger partial charge in [0.25, 0.3) is 0 Å². The Bertz CT molecular complexity index is 1560. The van der Waals surface area contributed by atoms with E-state index in [4.69, 9.17) is 4.74 Å². The van der Waals surface area contributed by atoms with Crippen LogP contribution in [0.25, 0.3) is 17.1 Å². The zero-order chi connectivity index (χ0) is 27.9. The first-order valence-electron chi connectivity index (χ1n) is 12.4. The normalized spacial score (nSPS) is 13.8. The van der Waals surface area contributed by atoms with Gasteiger partial charge in [0.2, 0.25) is 0 Å². The second-order valence-corrected chi connectivity index (χ2v) is 9.77. The number of hydrogen-bond acceptors (Lipinski definition) is 5. The van der Waals surface area contributed by atoms with Crippen molar-refractivity contribution >= 4 is 5.97 Å². The lowest BCUT2D eigenvalue weighted by Gasteiger charge is -2.27. The molecule has 1 aliphatic heterocycles. The average Bonchev–Trinajstić information content (AvgIpc) is 3.36. The highest BCUT2D eigenvalue weighted by atomic mass is 19.4. The summed E-state index contributed by atoms with van der Waals surface area (Å²) < 4.78 is 48.1. The summed E-state index contributed by atoms with van der Waals surface area (Å²) in [6, 6.07) is 14.4. The second-order valence-electron chi connectivity index (χ2n) is 9.77. The maximum atomic E-state index is 13.8. The third-order valence-corrected chi connectivity index (χ3v) is 7.01. The van der Waals surface area contributed by atoms with Crippen LogP contribution in [0.4, 0.5) is 13.2 Å². The van der Waals surface area contributed by atoms with Crippen LogP contribution in [0, 0.1) is 13.8 Å². The van der Waals surface area contributed by atoms with E-state index in [1.807, 2.05) is 25.1 Å². The summed E-state index contributed by atoms with van der Waals surface area (Å²) in [6.45, 7) is 6.25. The Balaban J connectivity index is 1.49. The molecule has 0 atom stereocenters. The molecule has 0 amide bonds. The fraction of sp³-hybridized carbons (Fsp3) is 0.276. The Hall–Kier alpha value is -4.18. The Morgan fingerprint density at radius 3 is 2.67 bits per heavy atom. The molecule has 4 aromatic rings. The molecule has 0 saturated heterocycles. The summed E-state index contributed by atoms with van der Waals surface area (Å²) in [4.78, 5) is 18.1. The zero-order valence-electron chi connectivity index (χ0n) is 21.7. The lowest BCUT2D eigenvalue weighted by atomic mass is 9.92. The number of benzene rings is 2. The summed E-state index contributed by atoms with van der Waals surface area (Å²) >= 11 is 0. The molecule has 0 aliphatic carbocycles. The molecule has 0 saturated carbocycles. The van der Waals surface area contributed by atoms with Gasteiger partial charge in [0.1, 0.15) is 17.9 Å². The number of carboxylic acids is 1. The van der Waals surface area contributed by atoms with E-state index in [0.717, 1.165) is 30.6 Å². The third kappa shape index (κ3) is 5.24. The summed E-state index contributed by atoms with van der Waals surface area (Å²) in [6.07, 6.45) is -3.28. The van der Waals surface area contributed by atoms with Crippen molar-refractivity contribution in [2.45, 2.75) is 39.6 Å². The molecule has 0 radical (unpaired) electrons. The lowest BCUT2D eigenvalue weighted by Crippen LogP contribution is -2.27. The van der Waals surface area contributed by atoms with Gasteiger partial charge < -0.3 is 14.7 Å². The molecule has 202 valence electrons. The van der Waals surface area contributed by atoms with Crippen LogP contribution in [0.15, 0.2) is 54.7 Å². The van der Waals surface area contributed by atoms with Crippen molar-refractivity contribution in [1.29, 1.82) is 0 Å². The molecule has 0 fully saturated rings. The molecule has 3 heterocycles. The van der Waals surface area contributed by atoms with Crippen LogP contribution in [-0.4, -0.2) is 44.3 Å². The third-order valence-electron chi connectivity index (χ3n) is 7.01. The molecule has 2 aromatic heterocycles. The maximum Gasteiger partial charge on any atom is 0.434 e. The molecule has 5 rings (SSSR count). The Labute approximate surface area is 223 Å². The van der Waals surface area contributed by atoms with Gasteiger partial charge in [-0.05, 0) is 73.8 Å². The fourth-order valence-electron chi connectivity index (χ4n) is 4.95. The van der Waals surface area contributed by atoms with E-state index >= 15 is 0 Å². The largest absolute Gasteiger partial charge is 0.488 e. The number of likely N-dealkylation sites (N-methyl/N-ethyl adjacent to an activating group) is 1. The lowest BCUT2D eigenvalue weighted by molar-refractivity contribution is -0.143. The van der Waals surface area contributed by atoms with Crippen molar-refractivity contribution in [2.75, 3.05) is 13.6 Å². The maximum absolute atomic E-state index is 13.8. The van der Waals surface area contributed by atoms with Crippen LogP contribution in [-0.2, 0) is 25.7 Å². The summed E-state index contributed by atoms with van der Waals surface area (Å²) in [5.41, 5.74) is 4.52. The number of halogens is 3. The smallest absolute Gasteiger partial charge is 0.434 e. The summed E-state index contributed by atoms with van der Waals surface area (Å²) in [5.74, 6) is -1.34. The predicted octanol–water partition coefficient (Wildman–Crippen LogP) is 5.84. The van der Waals surface area contributed by atoms with Crippen molar-refractivity contribution in [2.24, 2.45) is 0 Å². The van der Waals surface area contributed by atoms with Gasteiger partial charge in [0, 0.05) is 18.7 Å². The Morgan fingerprint density at radius 1 is 1.13 bits per heavy atom. The number of carbonyl (C=O) groups is 1. The quantitative estimate of drug-likeness (QED) is 0.334. The first-order valence-corrected chi connectivity index (χ1v) is 12.4. The molecule has 0 bridgehead atoms. The van der Waals surface area contributed by atoms with Crippen molar-refractivity contribution in [3.63, 3.8) is 0 Å². The number of aromatic carboxylic acids is 1. The van der Waals surface area contributed by atoms with Gasteiger partial charge in [-0.25, -0.2) is 14.5 Å². The first kappa shape index (κ1) is 26.4. The minimum atomic E-state index is -4.94. The molecule has 2 aromatic carbocycles. The predicted molar refractivity (Wildman–Crippen MR) is 139 cm³/mol. The Kier molecular flexibility index (Phi) is 6.90. The Morgan fingerprint density at radius 2 is 1.92 bits per heavy atom. The van der Waals surface area contributed by atoms with Gasteiger partial charge in [0.15, 0.2) is 11.5 Å². The number of pyridine rings is 1. The van der Waals surface area contributed by atoms with Crippen LogP contribution in [0.1, 0.15) is 43.9 Å². The highest BCUT2D eigenvalue weighted by Crippen LogP contribution is 2.35. The first-order chi connectivity index (χ1) is 18.5. The molecule has 10 heteroatoms. The molecule has 7 nitrogen and oxygen atoms in total. The van der Waals surface area contributed by atoms with Gasteiger partial charge in [-0.2, -0.15) is 18.3 Å². The van der Waals surface area contributed by atoms with Gasteiger partial charge in [-0.3, -0.25) is 0 Å². The molecular formula is C29H27F3N4O3. The standard InChI is InChI=1S/C29H27F3N4O3/c1-17-7-10-25(39-16-20-9-8-19-15-35(3)12-11-21(19)18(20)2)22(13-17)24-5-4-6-26(34-24)36-27(29(30,31)32)23(14-33-36)28(37)38/h4-10,13-14H,11-12,15-16H2,1-3H3,(H,37,38). The van der Waals surface area contributed by atoms with Crippen LogP contribution in [0.5, 0.6) is 5.75 Å². The van der Waals surface area contributed by atoms with Crippen LogP contribution < -0.4 is 4.74 Å². The van der Waals surface area contributed by atoms with Crippen LogP contribution in [0.3, 0.4) is 0 Å². The van der Waals surface area contributed by atoms with E-state index in [1.165, 1.54) is 22.8 Å². The minimum Gasteiger partial charge on any atom is -0.488 e. The number of carboxylic acid groups (broad SMARTS) is 1. The molecule has 39 heavy (non-hydrogen) atoms. The number of hydrogen-bond donors (Lipinski definition) is 1. The second kappa shape index (κ2) is 10.2. The van der Waals surface area contributed by atoms with E-state index in [0.29, 0.717) is 34.5 Å². The van der Waals surface area contributed by atoms with E-state index in [-0.39, 0.29) is 5.82 Å². The monoisotopic (exact) mass is 536 g/mol. The number of nitrogens with zero attached hydrogens (tertiary/aromatic N) is 4. The average molecular weight is 537 g/mol. The van der Waals surface area contributed by atoms with Crippen molar-refractivity contribution in [1.82, 2.24) is 19.7 Å². The molecule has 0 unspecified atom stereocenters. The van der Waals surface area contributed by atoms with Crippen LogP contribution >= 0.6 is 0 Å². The number of aromatic nitrogens is 3. The number of alkyl halides is 3. The van der Waals surface area contributed by atoms with Crippen molar-refractivity contribution in [3.05, 3.63) is 93.8 Å². The number of aryl methyl sites for hydroxylation is 1. The van der Waals surface area contributed by atoms with Gasteiger partial charge in [0.05, 0.1) is 11.9 Å². The number of ether oxygens (including phenoxy) is 1. The SMILES string of the molecule is Cc1ccc(OCc2ccc3c(c2C)CCN(C)C3)c(-c2cccc(-n3ncc(C(=O)O)c3C(F)(F)F)n2)c1. The molecule has 1 N–H and O–H groups in total. The van der Waals surface area contributed by atoms with Gasteiger partial charge >= 0.3 is 12.1 Å². The van der Waals surface area contributed by atoms with E-state index in [9.17, 15) is 23.1 Å². The number of fused-ring (bicyclic) bond motifs is 1.